The topological polar surface area (TPSA) is 87.2 Å². The van der Waals surface area contributed by atoms with Crippen molar-refractivity contribution in [2.75, 3.05) is 6.26 Å². The minimum absolute atomic E-state index is 0.0605. The third-order valence-electron chi connectivity index (χ3n) is 3.24. The van der Waals surface area contributed by atoms with E-state index in [2.05, 4.69) is 10.1 Å². The summed E-state index contributed by atoms with van der Waals surface area (Å²) in [5.74, 6) is -0.117. The molecule has 7 nitrogen and oxygen atoms in total. The minimum Gasteiger partial charge on any atom is -0.437 e. The summed E-state index contributed by atoms with van der Waals surface area (Å²) in [7, 11) is -2.40. The zero-order valence-electron chi connectivity index (χ0n) is 13.2. The Morgan fingerprint density at radius 2 is 1.92 bits per heavy atom. The monoisotopic (exact) mass is 375 g/mol. The number of hydrogen-bond donors (Lipinski definition) is 0. The van der Waals surface area contributed by atoms with Gasteiger partial charge in [0.25, 0.3) is 0 Å². The highest BCUT2D eigenvalue weighted by molar-refractivity contribution is 7.90. The fraction of sp³-hybridized carbons (Fsp3) is 0.286. The summed E-state index contributed by atoms with van der Waals surface area (Å²) in [4.78, 5) is 3.87. The fourth-order valence-electron chi connectivity index (χ4n) is 2.14. The van der Waals surface area contributed by atoms with Crippen molar-refractivity contribution in [1.29, 1.82) is 0 Å². The molecule has 2 aromatic heterocycles. The van der Waals surface area contributed by atoms with Crippen LogP contribution in [0, 0.1) is 6.92 Å². The summed E-state index contributed by atoms with van der Waals surface area (Å²) >= 11 is 0. The molecule has 0 aliphatic carbocycles. The molecule has 2 heterocycles. The molecule has 134 valence electrons. The molecular weight excluding hydrogens is 363 g/mol. The summed E-state index contributed by atoms with van der Waals surface area (Å²) < 4.78 is 73.0. The molecule has 0 radical (unpaired) electrons. The molecular formula is C14H12F3N3O4S. The molecule has 0 fully saturated rings. The van der Waals surface area contributed by atoms with Gasteiger partial charge in [-0.05, 0) is 24.6 Å². The second-order valence-electron chi connectivity index (χ2n) is 5.45. The number of hydrogen-bond acceptors (Lipinski definition) is 6. The Labute approximate surface area is 139 Å². The quantitative estimate of drug-likeness (QED) is 0.699. The van der Waals surface area contributed by atoms with Crippen LogP contribution in [-0.4, -0.2) is 29.4 Å². The number of benzene rings is 1. The van der Waals surface area contributed by atoms with E-state index < -0.39 is 26.9 Å². The van der Waals surface area contributed by atoms with E-state index in [4.69, 9.17) is 9.15 Å². The number of alkyl halides is 3. The van der Waals surface area contributed by atoms with Gasteiger partial charge in [0.2, 0.25) is 15.7 Å². The van der Waals surface area contributed by atoms with E-state index in [1.54, 1.807) is 13.0 Å². The molecule has 0 N–H and O–H groups in total. The molecule has 3 rings (SSSR count). The van der Waals surface area contributed by atoms with Gasteiger partial charge in [0.1, 0.15) is 0 Å². The largest absolute Gasteiger partial charge is 0.437 e. The predicted molar refractivity (Wildman–Crippen MR) is 80.1 cm³/mol. The van der Waals surface area contributed by atoms with E-state index in [-0.39, 0.29) is 22.7 Å². The molecule has 0 aliphatic heterocycles. The van der Waals surface area contributed by atoms with Crippen molar-refractivity contribution in [2.45, 2.75) is 18.3 Å². The number of ether oxygens (including phenoxy) is 1. The highest BCUT2D eigenvalue weighted by atomic mass is 32.2. The molecule has 0 atom stereocenters. The van der Waals surface area contributed by atoms with E-state index in [0.717, 1.165) is 17.0 Å². The van der Waals surface area contributed by atoms with Crippen molar-refractivity contribution >= 4 is 20.9 Å². The third kappa shape index (κ3) is 3.31. The van der Waals surface area contributed by atoms with E-state index >= 15 is 0 Å². The Bertz CT molecular complexity index is 1070. The van der Waals surface area contributed by atoms with Gasteiger partial charge in [-0.25, -0.2) is 13.1 Å². The molecule has 0 saturated heterocycles. The Morgan fingerprint density at radius 1 is 1.24 bits per heavy atom. The first-order valence-electron chi connectivity index (χ1n) is 6.85. The maximum absolute atomic E-state index is 12.7. The average Bonchev–Trinajstić information content (AvgIpc) is 3.02. The SMILES string of the molecule is Cc1cc(Oc2cc(C(F)(F)F)nn2C)c2nc(S(C)(=O)=O)oc2c1. The number of rotatable bonds is 3. The second kappa shape index (κ2) is 5.48. The number of nitrogens with zero attached hydrogens (tertiary/aromatic N) is 3. The third-order valence-corrected chi connectivity index (χ3v) is 4.05. The van der Waals surface area contributed by atoms with Crippen molar-refractivity contribution < 1.29 is 30.7 Å². The summed E-state index contributed by atoms with van der Waals surface area (Å²) in [5, 5.41) is 2.85. The van der Waals surface area contributed by atoms with Crippen LogP contribution in [-0.2, 0) is 23.1 Å². The van der Waals surface area contributed by atoms with E-state index in [0.29, 0.717) is 5.56 Å². The van der Waals surface area contributed by atoms with Gasteiger partial charge in [0.15, 0.2) is 22.5 Å². The molecule has 1 aromatic carbocycles. The maximum Gasteiger partial charge on any atom is 0.435 e. The highest BCUT2D eigenvalue weighted by Gasteiger charge is 2.35. The van der Waals surface area contributed by atoms with Crippen LogP contribution in [0.5, 0.6) is 11.6 Å². The number of aromatic nitrogens is 3. The van der Waals surface area contributed by atoms with Gasteiger partial charge in [-0.15, -0.1) is 0 Å². The zero-order valence-corrected chi connectivity index (χ0v) is 14.1. The van der Waals surface area contributed by atoms with Crippen molar-refractivity contribution in [2.24, 2.45) is 7.05 Å². The fourth-order valence-corrected chi connectivity index (χ4v) is 2.64. The van der Waals surface area contributed by atoms with Crippen molar-refractivity contribution in [3.8, 4) is 11.6 Å². The van der Waals surface area contributed by atoms with Crippen LogP contribution in [0.15, 0.2) is 27.8 Å². The number of oxazole rings is 1. The molecule has 0 spiro atoms. The average molecular weight is 375 g/mol. The van der Waals surface area contributed by atoms with Crippen LogP contribution in [0.1, 0.15) is 11.3 Å². The van der Waals surface area contributed by atoms with Gasteiger partial charge >= 0.3 is 11.4 Å². The second-order valence-corrected chi connectivity index (χ2v) is 7.35. The van der Waals surface area contributed by atoms with Crippen LogP contribution in [0.2, 0.25) is 0 Å². The van der Waals surface area contributed by atoms with Crippen LogP contribution >= 0.6 is 0 Å². The van der Waals surface area contributed by atoms with E-state index in [9.17, 15) is 21.6 Å². The summed E-state index contributed by atoms with van der Waals surface area (Å²) in [6.45, 7) is 1.69. The summed E-state index contributed by atoms with van der Waals surface area (Å²) in [6.07, 6.45) is -3.68. The number of fused-ring (bicyclic) bond motifs is 1. The molecule has 0 saturated carbocycles. The molecule has 0 unspecified atom stereocenters. The number of aryl methyl sites for hydroxylation is 2. The van der Waals surface area contributed by atoms with Crippen LogP contribution in [0.25, 0.3) is 11.1 Å². The minimum atomic E-state index is -4.61. The number of halogens is 3. The number of sulfone groups is 1. The molecule has 3 aromatic rings. The first-order valence-corrected chi connectivity index (χ1v) is 8.74. The van der Waals surface area contributed by atoms with Crippen LogP contribution < -0.4 is 4.74 Å². The Kier molecular flexibility index (Phi) is 3.78. The maximum atomic E-state index is 12.7. The Hall–Kier alpha value is -2.56. The Morgan fingerprint density at radius 3 is 2.48 bits per heavy atom. The lowest BCUT2D eigenvalue weighted by molar-refractivity contribution is -0.141. The van der Waals surface area contributed by atoms with Gasteiger partial charge in [-0.2, -0.15) is 23.3 Å². The van der Waals surface area contributed by atoms with Gasteiger partial charge in [0, 0.05) is 19.4 Å². The van der Waals surface area contributed by atoms with Crippen molar-refractivity contribution in [3.63, 3.8) is 0 Å². The normalized spacial score (nSPS) is 12.7. The Balaban J connectivity index is 2.10. The zero-order chi connectivity index (χ0) is 18.6. The predicted octanol–water partition coefficient (Wildman–Crippen LogP) is 3.08. The van der Waals surface area contributed by atoms with Crippen LogP contribution in [0.4, 0.5) is 13.2 Å². The first-order chi connectivity index (χ1) is 11.4. The summed E-state index contributed by atoms with van der Waals surface area (Å²) in [6, 6.07) is 3.80. The van der Waals surface area contributed by atoms with Crippen LogP contribution in [0.3, 0.4) is 0 Å². The smallest absolute Gasteiger partial charge is 0.435 e. The van der Waals surface area contributed by atoms with Gasteiger partial charge < -0.3 is 9.15 Å². The lowest BCUT2D eigenvalue weighted by Crippen LogP contribution is -2.06. The van der Waals surface area contributed by atoms with Crippen molar-refractivity contribution in [1.82, 2.24) is 14.8 Å². The van der Waals surface area contributed by atoms with E-state index in [1.165, 1.54) is 13.1 Å². The van der Waals surface area contributed by atoms with Crippen molar-refractivity contribution in [3.05, 3.63) is 29.5 Å². The molecule has 11 heteroatoms. The lowest BCUT2D eigenvalue weighted by Gasteiger charge is -2.06. The first kappa shape index (κ1) is 17.3. The van der Waals surface area contributed by atoms with Gasteiger partial charge in [-0.1, -0.05) is 0 Å². The van der Waals surface area contributed by atoms with Gasteiger partial charge in [-0.3, -0.25) is 0 Å². The van der Waals surface area contributed by atoms with Gasteiger partial charge in [0.05, 0.1) is 0 Å². The van der Waals surface area contributed by atoms with E-state index in [1.807, 2.05) is 0 Å². The summed E-state index contributed by atoms with van der Waals surface area (Å²) in [5.41, 5.74) is -0.225. The molecule has 0 amide bonds. The lowest BCUT2D eigenvalue weighted by atomic mass is 10.2. The standard InChI is InChI=1S/C14H12F3N3O4S/c1-7-4-8(12-9(5-7)24-13(18-12)25(3,21)22)23-11-6-10(14(15,16)17)19-20(11)2/h4-6H,1-3H3. The molecule has 25 heavy (non-hydrogen) atoms. The molecule has 0 bridgehead atoms. The highest BCUT2D eigenvalue weighted by Crippen LogP contribution is 2.35. The molecule has 0 aliphatic rings.